The van der Waals surface area contributed by atoms with Gasteiger partial charge in [-0.1, -0.05) is 30.3 Å². The summed E-state index contributed by atoms with van der Waals surface area (Å²) in [5.74, 6) is -0.238. The van der Waals surface area contributed by atoms with Crippen molar-refractivity contribution in [2.45, 2.75) is 52.0 Å². The molecule has 1 aliphatic rings. The van der Waals surface area contributed by atoms with Crippen LogP contribution in [-0.4, -0.2) is 32.4 Å². The monoisotopic (exact) mass is 367 g/mol. The third-order valence-electron chi connectivity index (χ3n) is 4.71. The normalized spacial score (nSPS) is 14.5. The number of carbonyl (C=O) groups is 1. The van der Waals surface area contributed by atoms with E-state index in [1.54, 1.807) is 13.8 Å². The van der Waals surface area contributed by atoms with E-state index < -0.39 is 11.6 Å². The number of fused-ring (bicyclic) bond motifs is 1. The number of benzene rings is 1. The summed E-state index contributed by atoms with van der Waals surface area (Å²) in [6, 6.07) is 10.7. The van der Waals surface area contributed by atoms with E-state index in [1.165, 1.54) is 0 Å². The molecule has 1 aromatic heterocycles. The number of nitrogens with one attached hydrogen (secondary N) is 1. The van der Waals surface area contributed by atoms with Gasteiger partial charge < -0.3 is 15.5 Å². The summed E-state index contributed by atoms with van der Waals surface area (Å²) in [6.07, 6.45) is 0.0682. The molecule has 142 valence electrons. The van der Waals surface area contributed by atoms with Crippen LogP contribution >= 0.6 is 0 Å². The third-order valence-corrected chi connectivity index (χ3v) is 4.71. The first kappa shape index (κ1) is 19.2. The van der Waals surface area contributed by atoms with Crippen LogP contribution in [-0.2, 0) is 24.4 Å². The number of amides is 1. The molecule has 6 nitrogen and oxygen atoms in total. The van der Waals surface area contributed by atoms with Crippen LogP contribution in [0.2, 0.25) is 0 Å². The molecule has 3 N–H and O–H groups in total. The number of hydrogen-bond donors (Lipinski definition) is 3. The molecule has 0 fully saturated rings. The molecule has 1 aliphatic heterocycles. The van der Waals surface area contributed by atoms with E-state index in [0.717, 1.165) is 22.4 Å². The number of aromatic nitrogens is 1. The first-order valence-electron chi connectivity index (χ1n) is 9.00. The van der Waals surface area contributed by atoms with E-state index >= 15 is 0 Å². The predicted octanol–water partition coefficient (Wildman–Crippen LogP) is 2.07. The van der Waals surface area contributed by atoms with Gasteiger partial charge in [0.15, 0.2) is 0 Å². The Morgan fingerprint density at radius 2 is 2.00 bits per heavy atom. The van der Waals surface area contributed by atoms with Crippen LogP contribution in [0.1, 0.15) is 54.9 Å². The lowest BCUT2D eigenvalue weighted by atomic mass is 9.91. The Morgan fingerprint density at radius 1 is 1.30 bits per heavy atom. The van der Waals surface area contributed by atoms with Crippen molar-refractivity contribution in [2.24, 2.45) is 4.99 Å². The molecule has 0 aliphatic carbocycles. The van der Waals surface area contributed by atoms with Gasteiger partial charge in [-0.25, -0.2) is 0 Å². The molecule has 0 saturated heterocycles. The number of hydrogen-bond acceptors (Lipinski definition) is 5. The van der Waals surface area contributed by atoms with Crippen LogP contribution in [0.15, 0.2) is 41.4 Å². The minimum atomic E-state index is -1.12. The van der Waals surface area contributed by atoms with Gasteiger partial charge in [-0.15, -0.1) is 0 Å². The van der Waals surface area contributed by atoms with Crippen LogP contribution in [0.25, 0.3) is 0 Å². The molecule has 0 spiro atoms. The van der Waals surface area contributed by atoms with Crippen molar-refractivity contribution in [3.05, 3.63) is 64.5 Å². The van der Waals surface area contributed by atoms with Crippen molar-refractivity contribution >= 4 is 11.6 Å². The van der Waals surface area contributed by atoms with E-state index in [0.29, 0.717) is 17.9 Å². The van der Waals surface area contributed by atoms with Crippen molar-refractivity contribution < 1.29 is 15.0 Å². The molecular formula is C21H25N3O3. The Bertz CT molecular complexity index is 870. The minimum Gasteiger partial charge on any atom is -0.390 e. The number of aliphatic imine (C=N–C) groups is 1. The lowest BCUT2D eigenvalue weighted by Crippen LogP contribution is -2.42. The maximum absolute atomic E-state index is 12.7. The van der Waals surface area contributed by atoms with E-state index in [2.05, 4.69) is 15.3 Å². The molecule has 2 aromatic rings. The molecule has 0 unspecified atom stereocenters. The number of rotatable bonds is 6. The molecule has 27 heavy (non-hydrogen) atoms. The third kappa shape index (κ3) is 4.23. The molecule has 1 aromatic carbocycles. The van der Waals surface area contributed by atoms with E-state index in [9.17, 15) is 15.0 Å². The number of aliphatic hydroxyl groups is 2. The summed E-state index contributed by atoms with van der Waals surface area (Å²) < 4.78 is 0. The lowest BCUT2D eigenvalue weighted by Gasteiger charge is -2.30. The zero-order valence-corrected chi connectivity index (χ0v) is 15.9. The number of aliphatic hydroxyl groups excluding tert-OH is 1. The SMILES string of the molecule is CC1=NCc2cc(CC(=O)N[C@@H](c3ccccc3)C(C)(C)O)nc(CO)c21. The largest absolute Gasteiger partial charge is 0.390 e. The molecule has 0 radical (unpaired) electrons. The molecule has 2 heterocycles. The smallest absolute Gasteiger partial charge is 0.226 e. The second-order valence-corrected chi connectivity index (χ2v) is 7.40. The molecule has 1 atom stereocenters. The second-order valence-electron chi connectivity index (χ2n) is 7.40. The first-order chi connectivity index (χ1) is 12.8. The van der Waals surface area contributed by atoms with E-state index in [-0.39, 0.29) is 18.9 Å². The van der Waals surface area contributed by atoms with Crippen molar-refractivity contribution in [3.8, 4) is 0 Å². The van der Waals surface area contributed by atoms with Crippen molar-refractivity contribution in [1.29, 1.82) is 0 Å². The molecule has 0 saturated carbocycles. The summed E-state index contributed by atoms with van der Waals surface area (Å²) in [5, 5.41) is 23.0. The summed E-state index contributed by atoms with van der Waals surface area (Å²) in [5.41, 5.74) is 3.59. The number of carbonyl (C=O) groups excluding carboxylic acids is 1. The first-order valence-corrected chi connectivity index (χ1v) is 9.00. The van der Waals surface area contributed by atoms with E-state index in [4.69, 9.17) is 0 Å². The Labute approximate surface area is 159 Å². The minimum absolute atomic E-state index is 0.0682. The van der Waals surface area contributed by atoms with Crippen LogP contribution in [0, 0.1) is 0 Å². The summed E-state index contributed by atoms with van der Waals surface area (Å²) in [7, 11) is 0. The van der Waals surface area contributed by atoms with Crippen molar-refractivity contribution in [3.63, 3.8) is 0 Å². The van der Waals surface area contributed by atoms with Gasteiger partial charge in [-0.05, 0) is 38.0 Å². The fourth-order valence-corrected chi connectivity index (χ4v) is 3.46. The highest BCUT2D eigenvalue weighted by Gasteiger charge is 2.30. The Morgan fingerprint density at radius 3 is 2.63 bits per heavy atom. The highest BCUT2D eigenvalue weighted by Crippen LogP contribution is 2.26. The fourth-order valence-electron chi connectivity index (χ4n) is 3.46. The molecule has 3 rings (SSSR count). The van der Waals surface area contributed by atoms with Gasteiger partial charge in [-0.2, -0.15) is 0 Å². The maximum Gasteiger partial charge on any atom is 0.226 e. The zero-order valence-electron chi connectivity index (χ0n) is 15.9. The van der Waals surface area contributed by atoms with Crippen LogP contribution < -0.4 is 5.32 Å². The average Bonchev–Trinajstić information content (AvgIpc) is 3.00. The Hall–Kier alpha value is -2.57. The fraction of sp³-hybridized carbons (Fsp3) is 0.381. The van der Waals surface area contributed by atoms with Gasteiger partial charge in [0.05, 0.1) is 42.6 Å². The van der Waals surface area contributed by atoms with Gasteiger partial charge in [0, 0.05) is 11.3 Å². The predicted molar refractivity (Wildman–Crippen MR) is 103 cm³/mol. The molecular weight excluding hydrogens is 342 g/mol. The summed E-state index contributed by atoms with van der Waals surface area (Å²) in [6.45, 7) is 5.58. The van der Waals surface area contributed by atoms with E-state index in [1.807, 2.05) is 43.3 Å². The molecule has 6 heteroatoms. The van der Waals surface area contributed by atoms with Crippen LogP contribution in [0.4, 0.5) is 0 Å². The molecule has 0 bridgehead atoms. The molecule has 1 amide bonds. The van der Waals surface area contributed by atoms with Crippen LogP contribution in [0.5, 0.6) is 0 Å². The van der Waals surface area contributed by atoms with Gasteiger partial charge in [-0.3, -0.25) is 14.8 Å². The van der Waals surface area contributed by atoms with Gasteiger partial charge >= 0.3 is 0 Å². The number of pyridine rings is 1. The quantitative estimate of drug-likeness (QED) is 0.728. The van der Waals surface area contributed by atoms with Gasteiger partial charge in [0.2, 0.25) is 5.91 Å². The van der Waals surface area contributed by atoms with Crippen LogP contribution in [0.3, 0.4) is 0 Å². The summed E-state index contributed by atoms with van der Waals surface area (Å²) >= 11 is 0. The Kier molecular flexibility index (Phi) is 5.39. The zero-order chi connectivity index (χ0) is 19.6. The second kappa shape index (κ2) is 7.58. The van der Waals surface area contributed by atoms with Gasteiger partial charge in [0.1, 0.15) is 0 Å². The topological polar surface area (TPSA) is 94.8 Å². The highest BCUT2D eigenvalue weighted by molar-refractivity contribution is 6.02. The van der Waals surface area contributed by atoms with Crippen molar-refractivity contribution in [1.82, 2.24) is 10.3 Å². The van der Waals surface area contributed by atoms with Crippen molar-refractivity contribution in [2.75, 3.05) is 0 Å². The Balaban J connectivity index is 1.79. The highest BCUT2D eigenvalue weighted by atomic mass is 16.3. The number of nitrogens with zero attached hydrogens (tertiary/aromatic N) is 2. The summed E-state index contributed by atoms with van der Waals surface area (Å²) in [4.78, 5) is 21.5. The maximum atomic E-state index is 12.7. The standard InChI is InChI=1S/C21H25N3O3/c1-13-19-15(11-22-13)9-16(23-17(19)12-25)10-18(26)24-20(21(2,3)27)14-7-5-4-6-8-14/h4-9,20,25,27H,10-12H2,1-3H3,(H,24,26)/t20-/m0/s1. The van der Waals surface area contributed by atoms with Gasteiger partial charge in [0.25, 0.3) is 0 Å². The lowest BCUT2D eigenvalue weighted by molar-refractivity contribution is -0.123. The average molecular weight is 367 g/mol.